The molecule has 1 N–H and O–H groups in total. The van der Waals surface area contributed by atoms with Crippen LogP contribution in [0.4, 0.5) is 5.69 Å². The molecule has 0 radical (unpaired) electrons. The summed E-state index contributed by atoms with van der Waals surface area (Å²) in [4.78, 5) is 16.1. The second kappa shape index (κ2) is 8.35. The van der Waals surface area contributed by atoms with Crippen molar-refractivity contribution in [3.63, 3.8) is 0 Å². The largest absolute Gasteiger partial charge is 0.322 e. The van der Waals surface area contributed by atoms with Crippen molar-refractivity contribution in [2.24, 2.45) is 0 Å². The molecule has 142 valence electrons. The summed E-state index contributed by atoms with van der Waals surface area (Å²) in [5, 5.41) is 7.60. The van der Waals surface area contributed by atoms with Crippen molar-refractivity contribution < 1.29 is 4.79 Å². The molecule has 0 aliphatic rings. The molecule has 0 saturated heterocycles. The number of hydrogen-bond donors (Lipinski definition) is 1. The van der Waals surface area contributed by atoms with Gasteiger partial charge in [-0.2, -0.15) is 5.10 Å². The van der Waals surface area contributed by atoms with E-state index in [4.69, 9.17) is 5.10 Å². The van der Waals surface area contributed by atoms with Gasteiger partial charge in [-0.05, 0) is 47.0 Å². The number of carbonyl (C=O) groups is 1. The number of nitrogens with one attached hydrogen (secondary N) is 1. The molecule has 0 spiro atoms. The summed E-state index contributed by atoms with van der Waals surface area (Å²) in [5.41, 5.74) is 5.56. The van der Waals surface area contributed by atoms with Crippen LogP contribution in [0.15, 0.2) is 98.0 Å². The number of carbonyl (C=O) groups excluding carboxylic acids is 1. The van der Waals surface area contributed by atoms with Crippen molar-refractivity contribution in [2.45, 2.75) is 6.54 Å². The fraction of sp³-hybridized carbons (Fsp3) is 0.0417. The minimum atomic E-state index is -0.256. The lowest BCUT2D eigenvalue weighted by molar-refractivity contribution is -0.111. The van der Waals surface area contributed by atoms with Crippen molar-refractivity contribution in [2.75, 3.05) is 5.32 Å². The van der Waals surface area contributed by atoms with Gasteiger partial charge in [0, 0.05) is 24.2 Å². The average molecular weight is 380 g/mol. The van der Waals surface area contributed by atoms with Gasteiger partial charge in [0.2, 0.25) is 5.91 Å². The quantitative estimate of drug-likeness (QED) is 0.490. The van der Waals surface area contributed by atoms with Gasteiger partial charge in [-0.3, -0.25) is 14.5 Å². The second-order valence-electron chi connectivity index (χ2n) is 6.58. The Kier molecular flexibility index (Phi) is 5.29. The molecule has 4 aromatic rings. The summed E-state index contributed by atoms with van der Waals surface area (Å²) in [6.07, 6.45) is 6.77. The first-order valence-corrected chi connectivity index (χ1v) is 9.28. The van der Waals surface area contributed by atoms with Crippen molar-refractivity contribution in [3.05, 3.63) is 104 Å². The fourth-order valence-electron chi connectivity index (χ4n) is 3.13. The fourth-order valence-corrected chi connectivity index (χ4v) is 3.13. The standard InChI is InChI=1S/C24H20N4O/c1-2-24(29)26-22-11-10-20(19-8-4-3-5-9-19)15-21(22)23-12-14-28(27-23)17-18-7-6-13-25-16-18/h2-16H,1,17H2,(H,26,29). The van der Waals surface area contributed by atoms with Crippen LogP contribution in [0.2, 0.25) is 0 Å². The van der Waals surface area contributed by atoms with Crippen LogP contribution in [0.5, 0.6) is 0 Å². The third-order valence-electron chi connectivity index (χ3n) is 4.55. The summed E-state index contributed by atoms with van der Waals surface area (Å²) in [7, 11) is 0. The maximum absolute atomic E-state index is 11.9. The first kappa shape index (κ1) is 18.4. The van der Waals surface area contributed by atoms with E-state index in [1.54, 1.807) is 6.20 Å². The maximum Gasteiger partial charge on any atom is 0.247 e. The molecule has 5 nitrogen and oxygen atoms in total. The second-order valence-corrected chi connectivity index (χ2v) is 6.58. The Morgan fingerprint density at radius 2 is 1.90 bits per heavy atom. The van der Waals surface area contributed by atoms with Gasteiger partial charge in [0.25, 0.3) is 0 Å². The summed E-state index contributed by atoms with van der Waals surface area (Å²) in [6, 6.07) is 21.9. The van der Waals surface area contributed by atoms with Gasteiger partial charge < -0.3 is 5.32 Å². The molecule has 0 atom stereocenters. The minimum Gasteiger partial charge on any atom is -0.322 e. The highest BCUT2D eigenvalue weighted by atomic mass is 16.1. The van der Waals surface area contributed by atoms with E-state index in [2.05, 4.69) is 29.0 Å². The molecule has 0 bridgehead atoms. The van der Waals surface area contributed by atoms with E-state index in [9.17, 15) is 4.79 Å². The number of benzene rings is 2. The highest BCUT2D eigenvalue weighted by molar-refractivity contribution is 6.02. The minimum absolute atomic E-state index is 0.256. The molecule has 2 aromatic heterocycles. The van der Waals surface area contributed by atoms with Gasteiger partial charge in [0.1, 0.15) is 0 Å². The number of amides is 1. The highest BCUT2D eigenvalue weighted by Gasteiger charge is 2.12. The van der Waals surface area contributed by atoms with Crippen LogP contribution in [0, 0.1) is 0 Å². The first-order chi connectivity index (χ1) is 14.2. The number of rotatable bonds is 6. The summed E-state index contributed by atoms with van der Waals surface area (Å²) in [5.74, 6) is -0.256. The zero-order valence-electron chi connectivity index (χ0n) is 15.8. The molecule has 0 aliphatic heterocycles. The highest BCUT2D eigenvalue weighted by Crippen LogP contribution is 2.32. The van der Waals surface area contributed by atoms with E-state index < -0.39 is 0 Å². The number of pyridine rings is 1. The smallest absolute Gasteiger partial charge is 0.247 e. The van der Waals surface area contributed by atoms with Crippen LogP contribution in [-0.2, 0) is 11.3 Å². The van der Waals surface area contributed by atoms with E-state index >= 15 is 0 Å². The van der Waals surface area contributed by atoms with Crippen molar-refractivity contribution in [1.29, 1.82) is 0 Å². The average Bonchev–Trinajstić information content (AvgIpc) is 3.23. The number of aromatic nitrogens is 3. The molecular formula is C24H20N4O. The SMILES string of the molecule is C=CC(=O)Nc1ccc(-c2ccccc2)cc1-c1ccn(Cc2cccnc2)n1. The molecule has 0 aliphatic carbocycles. The number of anilines is 1. The molecule has 5 heteroatoms. The van der Waals surface area contributed by atoms with E-state index in [0.717, 1.165) is 27.9 Å². The van der Waals surface area contributed by atoms with Gasteiger partial charge in [-0.15, -0.1) is 0 Å². The lowest BCUT2D eigenvalue weighted by atomic mass is 10.00. The predicted octanol–water partition coefficient (Wildman–Crippen LogP) is 4.78. The summed E-state index contributed by atoms with van der Waals surface area (Å²) < 4.78 is 1.86. The number of hydrogen-bond acceptors (Lipinski definition) is 3. The van der Waals surface area contributed by atoms with Crippen molar-refractivity contribution >= 4 is 11.6 Å². The molecule has 0 fully saturated rings. The molecule has 2 aromatic carbocycles. The molecule has 29 heavy (non-hydrogen) atoms. The van der Waals surface area contributed by atoms with Crippen LogP contribution < -0.4 is 5.32 Å². The van der Waals surface area contributed by atoms with Gasteiger partial charge in [0.05, 0.1) is 17.9 Å². The Balaban J connectivity index is 1.72. The van der Waals surface area contributed by atoms with Gasteiger partial charge in [0.15, 0.2) is 0 Å². The monoisotopic (exact) mass is 380 g/mol. The topological polar surface area (TPSA) is 59.8 Å². The normalized spacial score (nSPS) is 10.5. The molecule has 0 unspecified atom stereocenters. The Bertz CT molecular complexity index is 1130. The molecule has 1 amide bonds. The lowest BCUT2D eigenvalue weighted by Gasteiger charge is -2.11. The van der Waals surface area contributed by atoms with Gasteiger partial charge in [-0.25, -0.2) is 0 Å². The van der Waals surface area contributed by atoms with Crippen LogP contribution in [0.3, 0.4) is 0 Å². The molecule has 2 heterocycles. The summed E-state index contributed by atoms with van der Waals surface area (Å²) in [6.45, 7) is 4.16. The van der Waals surface area contributed by atoms with Gasteiger partial charge in [-0.1, -0.05) is 49.0 Å². The van der Waals surface area contributed by atoms with Crippen molar-refractivity contribution in [3.8, 4) is 22.4 Å². The zero-order chi connectivity index (χ0) is 20.1. The Morgan fingerprint density at radius 3 is 2.66 bits per heavy atom. The number of nitrogens with zero attached hydrogens (tertiary/aromatic N) is 3. The maximum atomic E-state index is 11.9. The van der Waals surface area contributed by atoms with Gasteiger partial charge >= 0.3 is 0 Å². The Hall–Kier alpha value is -3.99. The molecule has 4 rings (SSSR count). The van der Waals surface area contributed by atoms with Crippen LogP contribution in [0.1, 0.15) is 5.56 Å². The Labute approximate surface area is 169 Å². The van der Waals surface area contributed by atoms with Crippen LogP contribution in [-0.4, -0.2) is 20.7 Å². The predicted molar refractivity (Wildman–Crippen MR) is 115 cm³/mol. The third-order valence-corrected chi connectivity index (χ3v) is 4.55. The van der Waals surface area contributed by atoms with E-state index in [1.165, 1.54) is 6.08 Å². The summed E-state index contributed by atoms with van der Waals surface area (Å²) >= 11 is 0. The lowest BCUT2D eigenvalue weighted by Crippen LogP contribution is -2.08. The first-order valence-electron chi connectivity index (χ1n) is 9.28. The molecular weight excluding hydrogens is 360 g/mol. The van der Waals surface area contributed by atoms with Crippen molar-refractivity contribution in [1.82, 2.24) is 14.8 Å². The van der Waals surface area contributed by atoms with Crippen LogP contribution >= 0.6 is 0 Å². The van der Waals surface area contributed by atoms with E-state index in [-0.39, 0.29) is 5.91 Å². The van der Waals surface area contributed by atoms with E-state index in [0.29, 0.717) is 12.2 Å². The zero-order valence-corrected chi connectivity index (χ0v) is 15.8. The van der Waals surface area contributed by atoms with E-state index in [1.807, 2.05) is 71.7 Å². The third kappa shape index (κ3) is 4.30. The molecule has 0 saturated carbocycles. The van der Waals surface area contributed by atoms with Crippen LogP contribution in [0.25, 0.3) is 22.4 Å². The Morgan fingerprint density at radius 1 is 1.03 bits per heavy atom.